The van der Waals surface area contributed by atoms with Crippen molar-refractivity contribution in [1.29, 1.82) is 5.26 Å². The second-order valence-electron chi connectivity index (χ2n) is 6.90. The van der Waals surface area contributed by atoms with E-state index in [0.29, 0.717) is 22.2 Å². The van der Waals surface area contributed by atoms with Crippen LogP contribution in [0.25, 0.3) is 0 Å². The molecule has 8 nitrogen and oxygen atoms in total. The number of hydrogen-bond donors (Lipinski definition) is 2. The van der Waals surface area contributed by atoms with Gasteiger partial charge in [-0.25, -0.2) is 14.4 Å². The fourth-order valence-corrected chi connectivity index (χ4v) is 4.70. The van der Waals surface area contributed by atoms with Crippen LogP contribution in [0, 0.1) is 23.1 Å². The van der Waals surface area contributed by atoms with Crippen molar-refractivity contribution in [2.75, 3.05) is 24.8 Å². The summed E-state index contributed by atoms with van der Waals surface area (Å²) in [5, 5.41) is 11.9. The molecule has 3 N–H and O–H groups in total. The third-order valence-corrected chi connectivity index (χ3v) is 6.09. The summed E-state index contributed by atoms with van der Waals surface area (Å²) >= 11 is 1.37. The Morgan fingerprint density at radius 1 is 1.47 bits per heavy atom. The van der Waals surface area contributed by atoms with Crippen LogP contribution in [0.2, 0.25) is 0 Å². The average Bonchev–Trinajstić information content (AvgIpc) is 3.13. The maximum Gasteiger partial charge on any atom is 0.274 e. The van der Waals surface area contributed by atoms with E-state index in [1.165, 1.54) is 55.4 Å². The number of aromatic nitrogens is 1. The van der Waals surface area contributed by atoms with E-state index in [-0.39, 0.29) is 23.8 Å². The largest absolute Gasteiger partial charge is 0.379 e. The molecule has 3 heterocycles. The number of methoxy groups -OCH3 is 1. The van der Waals surface area contributed by atoms with Gasteiger partial charge in [-0.3, -0.25) is 4.79 Å². The quantitative estimate of drug-likeness (QED) is 0.767. The average molecular weight is 427 g/mol. The van der Waals surface area contributed by atoms with Crippen molar-refractivity contribution in [2.45, 2.75) is 11.8 Å². The minimum Gasteiger partial charge on any atom is -0.379 e. The topological polar surface area (TPSA) is 123 Å². The van der Waals surface area contributed by atoms with E-state index in [0.717, 1.165) is 0 Å². The van der Waals surface area contributed by atoms with Crippen LogP contribution in [-0.2, 0) is 15.0 Å². The molecule has 10 heteroatoms. The number of rotatable bonds is 4. The summed E-state index contributed by atoms with van der Waals surface area (Å²) < 4.78 is 26.1. The van der Waals surface area contributed by atoms with Crippen molar-refractivity contribution in [2.24, 2.45) is 16.6 Å². The Kier molecular flexibility index (Phi) is 5.42. The van der Waals surface area contributed by atoms with Crippen LogP contribution in [0.4, 0.5) is 10.1 Å². The summed E-state index contributed by atoms with van der Waals surface area (Å²) in [4.78, 5) is 21.0. The number of nitriles is 1. The standard InChI is InChI=1S/C20H18FN5O3S/c1-28-18-14-9-30-19(23)26-20(14,10-29-18)13-6-12(3-4-15(13)21)25-17(27)16-5-2-11(7-22)8-24-16/h2-6,8,14,18H,9-10H2,1H3,(H2,23,26)(H,25,27)/t14-,18+,20-/m1/s1. The number of nitrogens with two attached hydrogens (primary N) is 1. The lowest BCUT2D eigenvalue weighted by Gasteiger charge is -2.35. The zero-order valence-corrected chi connectivity index (χ0v) is 16.8. The van der Waals surface area contributed by atoms with Crippen molar-refractivity contribution in [3.63, 3.8) is 0 Å². The molecule has 154 valence electrons. The van der Waals surface area contributed by atoms with E-state index < -0.39 is 23.6 Å². The summed E-state index contributed by atoms with van der Waals surface area (Å²) in [5.74, 6) is -0.622. The van der Waals surface area contributed by atoms with Crippen molar-refractivity contribution in [1.82, 2.24) is 4.98 Å². The molecule has 0 bridgehead atoms. The van der Waals surface area contributed by atoms with Crippen molar-refractivity contribution in [3.8, 4) is 6.07 Å². The first-order valence-corrected chi connectivity index (χ1v) is 10.1. The molecule has 0 unspecified atom stereocenters. The first kappa shape index (κ1) is 20.3. The van der Waals surface area contributed by atoms with Crippen molar-refractivity contribution < 1.29 is 18.7 Å². The number of nitrogens with zero attached hydrogens (tertiary/aromatic N) is 3. The Balaban J connectivity index is 1.67. The van der Waals surface area contributed by atoms with Crippen LogP contribution in [0.15, 0.2) is 41.5 Å². The lowest BCUT2D eigenvalue weighted by atomic mass is 9.80. The number of benzene rings is 1. The predicted octanol–water partition coefficient (Wildman–Crippen LogP) is 2.22. The van der Waals surface area contributed by atoms with E-state index in [4.69, 9.17) is 20.5 Å². The lowest BCUT2D eigenvalue weighted by Crippen LogP contribution is -2.42. The van der Waals surface area contributed by atoms with Gasteiger partial charge in [0.2, 0.25) is 0 Å². The van der Waals surface area contributed by atoms with Gasteiger partial charge in [0.25, 0.3) is 5.91 Å². The van der Waals surface area contributed by atoms with E-state index >= 15 is 0 Å². The summed E-state index contributed by atoms with van der Waals surface area (Å²) in [5.41, 5.74) is 6.07. The molecule has 0 saturated carbocycles. The molecular formula is C20H18FN5O3S. The van der Waals surface area contributed by atoms with Gasteiger partial charge in [0, 0.05) is 30.3 Å². The first-order valence-electron chi connectivity index (χ1n) is 9.07. The van der Waals surface area contributed by atoms with E-state index in [1.807, 2.05) is 6.07 Å². The van der Waals surface area contributed by atoms with Gasteiger partial charge in [0.15, 0.2) is 11.5 Å². The number of aliphatic imine (C=N–C) groups is 1. The normalized spacial score (nSPS) is 25.2. The minimum absolute atomic E-state index is 0.114. The molecule has 1 aromatic heterocycles. The second-order valence-corrected chi connectivity index (χ2v) is 7.94. The summed E-state index contributed by atoms with van der Waals surface area (Å²) in [6, 6.07) is 9.16. The maximum absolute atomic E-state index is 14.9. The fourth-order valence-electron chi connectivity index (χ4n) is 3.69. The number of amides is 1. The molecule has 1 saturated heterocycles. The SMILES string of the molecule is CO[C@H]1OC[C@]2(c3cc(NC(=O)c4ccc(C#N)cn4)ccc3F)N=C(N)SC[C@H]12. The van der Waals surface area contributed by atoms with Gasteiger partial charge in [-0.2, -0.15) is 5.26 Å². The molecule has 2 aliphatic rings. The van der Waals surface area contributed by atoms with Gasteiger partial charge in [-0.05, 0) is 30.3 Å². The highest BCUT2D eigenvalue weighted by Gasteiger charge is 2.54. The lowest BCUT2D eigenvalue weighted by molar-refractivity contribution is -0.106. The number of amidine groups is 1. The zero-order chi connectivity index (χ0) is 21.3. The Hall–Kier alpha value is -3.00. The van der Waals surface area contributed by atoms with Crippen molar-refractivity contribution in [3.05, 3.63) is 59.2 Å². The fraction of sp³-hybridized carbons (Fsp3) is 0.300. The zero-order valence-electron chi connectivity index (χ0n) is 16.0. The smallest absolute Gasteiger partial charge is 0.274 e. The molecule has 4 rings (SSSR count). The number of nitrogens with one attached hydrogen (secondary N) is 1. The maximum atomic E-state index is 14.9. The van der Waals surface area contributed by atoms with Crippen LogP contribution in [0.1, 0.15) is 21.6 Å². The van der Waals surface area contributed by atoms with Gasteiger partial charge in [-0.1, -0.05) is 11.8 Å². The van der Waals surface area contributed by atoms with Gasteiger partial charge in [0.05, 0.1) is 18.1 Å². The molecule has 0 aliphatic carbocycles. The minimum atomic E-state index is -1.03. The number of anilines is 1. The molecule has 3 atom stereocenters. The summed E-state index contributed by atoms with van der Waals surface area (Å²) in [6.07, 6.45) is 0.779. The van der Waals surface area contributed by atoms with Crippen LogP contribution < -0.4 is 11.1 Å². The van der Waals surface area contributed by atoms with E-state index in [2.05, 4.69) is 15.3 Å². The third kappa shape index (κ3) is 3.52. The Bertz CT molecular complexity index is 1060. The number of thioether (sulfide) groups is 1. The number of pyridine rings is 1. The number of hydrogen-bond acceptors (Lipinski definition) is 8. The summed E-state index contributed by atoms with van der Waals surface area (Å²) in [6.45, 7) is 0.114. The van der Waals surface area contributed by atoms with Gasteiger partial charge in [-0.15, -0.1) is 0 Å². The summed E-state index contributed by atoms with van der Waals surface area (Å²) in [7, 11) is 1.53. The molecular weight excluding hydrogens is 409 g/mol. The number of carbonyl (C=O) groups excluding carboxylic acids is 1. The van der Waals surface area contributed by atoms with E-state index in [1.54, 1.807) is 0 Å². The molecule has 1 aromatic carbocycles. The van der Waals surface area contributed by atoms with Gasteiger partial charge in [0.1, 0.15) is 23.1 Å². The Labute approximate surface area is 176 Å². The van der Waals surface area contributed by atoms with E-state index in [9.17, 15) is 9.18 Å². The van der Waals surface area contributed by atoms with Crippen LogP contribution >= 0.6 is 11.8 Å². The molecule has 1 fully saturated rings. The highest BCUT2D eigenvalue weighted by Crippen LogP contribution is 2.48. The molecule has 0 radical (unpaired) electrons. The number of fused-ring (bicyclic) bond motifs is 1. The van der Waals surface area contributed by atoms with Crippen LogP contribution in [0.5, 0.6) is 0 Å². The predicted molar refractivity (Wildman–Crippen MR) is 109 cm³/mol. The van der Waals surface area contributed by atoms with Gasteiger partial charge >= 0.3 is 0 Å². The Morgan fingerprint density at radius 3 is 3.00 bits per heavy atom. The molecule has 2 aromatic rings. The molecule has 0 spiro atoms. The van der Waals surface area contributed by atoms with Crippen LogP contribution in [-0.4, -0.2) is 41.8 Å². The molecule has 30 heavy (non-hydrogen) atoms. The molecule has 2 aliphatic heterocycles. The van der Waals surface area contributed by atoms with Gasteiger partial charge < -0.3 is 20.5 Å². The second kappa shape index (κ2) is 8.02. The third-order valence-electron chi connectivity index (χ3n) is 5.18. The Morgan fingerprint density at radius 2 is 2.30 bits per heavy atom. The monoisotopic (exact) mass is 427 g/mol. The number of ether oxygens (including phenoxy) is 2. The highest BCUT2D eigenvalue weighted by atomic mass is 32.2. The van der Waals surface area contributed by atoms with Crippen LogP contribution in [0.3, 0.4) is 0 Å². The first-order chi connectivity index (χ1) is 14.5. The molecule has 1 amide bonds. The highest BCUT2D eigenvalue weighted by molar-refractivity contribution is 8.13. The van der Waals surface area contributed by atoms with Crippen molar-refractivity contribution >= 4 is 28.5 Å². The number of carbonyl (C=O) groups is 1. The number of halogens is 1.